The van der Waals surface area contributed by atoms with Gasteiger partial charge in [0.2, 0.25) is 10.0 Å². The highest BCUT2D eigenvalue weighted by Gasteiger charge is 2.37. The molecule has 0 amide bonds. The number of anilines is 1. The maximum Gasteiger partial charge on any atom is 0.245 e. The highest BCUT2D eigenvalue weighted by atomic mass is 32.2. The molecule has 1 aliphatic heterocycles. The molecule has 2 rings (SSSR count). The van der Waals surface area contributed by atoms with Crippen molar-refractivity contribution in [1.29, 1.82) is 0 Å². The second-order valence-corrected chi connectivity index (χ2v) is 9.75. The molecule has 0 aromatic heterocycles. The normalized spacial score (nSPS) is 21.8. The quantitative estimate of drug-likeness (QED) is 0.822. The molecule has 21 heavy (non-hydrogen) atoms. The van der Waals surface area contributed by atoms with Crippen LogP contribution in [0, 0.1) is 13.8 Å². The zero-order valence-corrected chi connectivity index (χ0v) is 14.0. The van der Waals surface area contributed by atoms with E-state index in [1.165, 1.54) is 7.05 Å². The van der Waals surface area contributed by atoms with E-state index in [0.29, 0.717) is 6.42 Å². The standard InChI is InChI=1S/C13H20N2O4S2/c1-9-6-12(14)13(7-10(9)2)21(18,19)15(3)11-4-5-20(16,17)8-11/h6-7,11H,4-5,8,14H2,1-3H3. The molecule has 2 N–H and O–H groups in total. The van der Waals surface area contributed by atoms with Gasteiger partial charge in [-0.05, 0) is 43.5 Å². The molecule has 1 atom stereocenters. The smallest absolute Gasteiger partial charge is 0.245 e. The van der Waals surface area contributed by atoms with Gasteiger partial charge in [-0.1, -0.05) is 0 Å². The maximum absolute atomic E-state index is 12.7. The van der Waals surface area contributed by atoms with Gasteiger partial charge in [0.25, 0.3) is 0 Å². The zero-order valence-electron chi connectivity index (χ0n) is 12.3. The van der Waals surface area contributed by atoms with Crippen LogP contribution in [-0.2, 0) is 19.9 Å². The molecule has 1 aliphatic rings. The Balaban J connectivity index is 2.41. The van der Waals surface area contributed by atoms with Crippen molar-refractivity contribution in [2.75, 3.05) is 24.3 Å². The van der Waals surface area contributed by atoms with Crippen LogP contribution in [0.4, 0.5) is 5.69 Å². The summed E-state index contributed by atoms with van der Waals surface area (Å²) in [4.78, 5) is 0.0393. The minimum Gasteiger partial charge on any atom is -0.398 e. The molecule has 118 valence electrons. The second-order valence-electron chi connectivity index (χ2n) is 5.55. The van der Waals surface area contributed by atoms with E-state index in [4.69, 9.17) is 5.73 Å². The monoisotopic (exact) mass is 332 g/mol. The molecule has 1 fully saturated rings. The molecule has 1 saturated heterocycles. The van der Waals surface area contributed by atoms with Crippen molar-refractivity contribution in [3.63, 3.8) is 0 Å². The number of benzene rings is 1. The molecule has 1 heterocycles. The molecule has 1 aromatic carbocycles. The van der Waals surface area contributed by atoms with E-state index in [2.05, 4.69) is 0 Å². The van der Waals surface area contributed by atoms with Crippen LogP contribution in [0.2, 0.25) is 0 Å². The Labute approximate surface area is 125 Å². The van der Waals surface area contributed by atoms with E-state index < -0.39 is 25.9 Å². The number of hydrogen-bond donors (Lipinski definition) is 1. The lowest BCUT2D eigenvalue weighted by molar-refractivity contribution is 0.394. The third kappa shape index (κ3) is 3.07. The highest BCUT2D eigenvalue weighted by molar-refractivity contribution is 7.92. The minimum atomic E-state index is -3.80. The lowest BCUT2D eigenvalue weighted by Crippen LogP contribution is -2.38. The predicted molar refractivity (Wildman–Crippen MR) is 82.3 cm³/mol. The SMILES string of the molecule is Cc1cc(N)c(S(=O)(=O)N(C)C2CCS(=O)(=O)C2)cc1C. The Morgan fingerprint density at radius 2 is 1.81 bits per heavy atom. The molecule has 0 aliphatic carbocycles. The Morgan fingerprint density at radius 1 is 1.24 bits per heavy atom. The van der Waals surface area contributed by atoms with Crippen molar-refractivity contribution in [3.8, 4) is 0 Å². The van der Waals surface area contributed by atoms with Crippen molar-refractivity contribution in [1.82, 2.24) is 4.31 Å². The van der Waals surface area contributed by atoms with Crippen molar-refractivity contribution in [2.45, 2.75) is 31.2 Å². The highest BCUT2D eigenvalue weighted by Crippen LogP contribution is 2.28. The van der Waals surface area contributed by atoms with E-state index in [9.17, 15) is 16.8 Å². The van der Waals surface area contributed by atoms with Crippen LogP contribution in [0.3, 0.4) is 0 Å². The summed E-state index contributed by atoms with van der Waals surface area (Å²) in [6.07, 6.45) is 0.322. The maximum atomic E-state index is 12.7. The summed E-state index contributed by atoms with van der Waals surface area (Å²) in [5.74, 6) is -0.104. The van der Waals surface area contributed by atoms with Gasteiger partial charge in [0, 0.05) is 13.1 Å². The second kappa shape index (κ2) is 5.26. The molecule has 1 unspecified atom stereocenters. The van der Waals surface area contributed by atoms with E-state index in [1.807, 2.05) is 13.8 Å². The Kier molecular flexibility index (Phi) is 4.07. The van der Waals surface area contributed by atoms with Crippen LogP contribution in [0.15, 0.2) is 17.0 Å². The van der Waals surface area contributed by atoms with Gasteiger partial charge >= 0.3 is 0 Å². The van der Waals surface area contributed by atoms with Crippen LogP contribution in [0.1, 0.15) is 17.5 Å². The molecule has 0 radical (unpaired) electrons. The summed E-state index contributed by atoms with van der Waals surface area (Å²) in [6.45, 7) is 3.67. The Hall–Kier alpha value is -1.12. The number of nitrogens with two attached hydrogens (primary N) is 1. The van der Waals surface area contributed by atoms with Crippen LogP contribution in [0.5, 0.6) is 0 Å². The molecule has 1 aromatic rings. The molecule has 6 nitrogen and oxygen atoms in total. The third-order valence-corrected chi connectivity index (χ3v) is 7.72. The summed E-state index contributed by atoms with van der Waals surface area (Å²) in [6, 6.07) is 2.64. The number of hydrogen-bond acceptors (Lipinski definition) is 5. The van der Waals surface area contributed by atoms with Crippen LogP contribution in [-0.4, -0.2) is 45.7 Å². The number of aryl methyl sites for hydroxylation is 2. The number of nitrogen functional groups attached to an aromatic ring is 1. The van der Waals surface area contributed by atoms with Crippen LogP contribution >= 0.6 is 0 Å². The van der Waals surface area contributed by atoms with Gasteiger partial charge in [-0.2, -0.15) is 4.31 Å². The molecule has 8 heteroatoms. The third-order valence-electron chi connectivity index (χ3n) is 4.01. The van der Waals surface area contributed by atoms with Crippen molar-refractivity contribution < 1.29 is 16.8 Å². The number of sulfone groups is 1. The Bertz CT molecular complexity index is 770. The largest absolute Gasteiger partial charge is 0.398 e. The van der Waals surface area contributed by atoms with Gasteiger partial charge in [0.15, 0.2) is 9.84 Å². The summed E-state index contributed by atoms with van der Waals surface area (Å²) in [7, 11) is -5.53. The molecule has 0 bridgehead atoms. The lowest BCUT2D eigenvalue weighted by atomic mass is 10.1. The van der Waals surface area contributed by atoms with Crippen molar-refractivity contribution >= 4 is 25.5 Å². The summed E-state index contributed by atoms with van der Waals surface area (Å²) < 4.78 is 49.5. The Morgan fingerprint density at radius 3 is 2.33 bits per heavy atom. The molecular formula is C13H20N2O4S2. The van der Waals surface area contributed by atoms with E-state index >= 15 is 0 Å². The van der Waals surface area contributed by atoms with E-state index in [0.717, 1.165) is 15.4 Å². The van der Waals surface area contributed by atoms with Gasteiger partial charge in [0.05, 0.1) is 17.2 Å². The molecule has 0 saturated carbocycles. The first-order valence-corrected chi connectivity index (χ1v) is 9.86. The molecule has 0 spiro atoms. The number of sulfonamides is 1. The first-order chi connectivity index (χ1) is 9.54. The van der Waals surface area contributed by atoms with Crippen molar-refractivity contribution in [3.05, 3.63) is 23.3 Å². The van der Waals surface area contributed by atoms with Crippen molar-refractivity contribution in [2.24, 2.45) is 0 Å². The lowest BCUT2D eigenvalue weighted by Gasteiger charge is -2.24. The fourth-order valence-corrected chi connectivity index (χ4v) is 5.88. The fourth-order valence-electron chi connectivity index (χ4n) is 2.45. The van der Waals surface area contributed by atoms with Gasteiger partial charge < -0.3 is 5.73 Å². The summed E-state index contributed by atoms with van der Waals surface area (Å²) in [5.41, 5.74) is 7.77. The minimum absolute atomic E-state index is 0.0277. The van der Waals surface area contributed by atoms with Crippen LogP contribution < -0.4 is 5.73 Å². The van der Waals surface area contributed by atoms with Gasteiger partial charge in [0.1, 0.15) is 4.90 Å². The average Bonchev–Trinajstić information content (AvgIpc) is 2.73. The molecular weight excluding hydrogens is 312 g/mol. The predicted octanol–water partition coefficient (Wildman–Crippen LogP) is 0.693. The topological polar surface area (TPSA) is 97.5 Å². The van der Waals surface area contributed by atoms with E-state index in [1.54, 1.807) is 12.1 Å². The zero-order chi connectivity index (χ0) is 16.0. The first kappa shape index (κ1) is 16.3. The van der Waals surface area contributed by atoms with Crippen LogP contribution in [0.25, 0.3) is 0 Å². The van der Waals surface area contributed by atoms with Gasteiger partial charge in [-0.25, -0.2) is 16.8 Å². The van der Waals surface area contributed by atoms with Gasteiger partial charge in [-0.3, -0.25) is 0 Å². The van der Waals surface area contributed by atoms with E-state index in [-0.39, 0.29) is 22.1 Å². The number of rotatable bonds is 3. The van der Waals surface area contributed by atoms with Gasteiger partial charge in [-0.15, -0.1) is 0 Å². The number of nitrogens with zero attached hydrogens (tertiary/aromatic N) is 1. The average molecular weight is 332 g/mol. The fraction of sp³-hybridized carbons (Fsp3) is 0.538. The first-order valence-electron chi connectivity index (χ1n) is 6.60. The summed E-state index contributed by atoms with van der Waals surface area (Å²) in [5, 5.41) is 0. The summed E-state index contributed by atoms with van der Waals surface area (Å²) >= 11 is 0.